The summed E-state index contributed by atoms with van der Waals surface area (Å²) in [4.78, 5) is 38.1. The van der Waals surface area contributed by atoms with E-state index in [2.05, 4.69) is 167 Å². The van der Waals surface area contributed by atoms with E-state index in [1.165, 1.54) is 51.4 Å². The number of hydrogen-bond donors (Lipinski definition) is 0. The van der Waals surface area contributed by atoms with Crippen LogP contribution in [0.1, 0.15) is 252 Å². The number of carbonyl (C=O) groups excluding carboxylic acids is 3. The van der Waals surface area contributed by atoms with Gasteiger partial charge in [-0.1, -0.05) is 256 Å². The third kappa shape index (κ3) is 60.0. The molecular formula is C69H110O6. The van der Waals surface area contributed by atoms with Gasteiger partial charge in [0.15, 0.2) is 6.10 Å². The molecule has 1 atom stereocenters. The van der Waals surface area contributed by atoms with Gasteiger partial charge < -0.3 is 14.2 Å². The Kier molecular flexibility index (Phi) is 58.0. The highest BCUT2D eigenvalue weighted by molar-refractivity contribution is 5.71. The minimum Gasteiger partial charge on any atom is -0.462 e. The van der Waals surface area contributed by atoms with E-state index >= 15 is 0 Å². The summed E-state index contributed by atoms with van der Waals surface area (Å²) in [6.45, 7) is 6.35. The molecule has 0 rings (SSSR count). The predicted octanol–water partition coefficient (Wildman–Crippen LogP) is 20.8. The number of esters is 3. The molecule has 0 spiro atoms. The summed E-state index contributed by atoms with van der Waals surface area (Å²) in [5, 5.41) is 0. The minimum atomic E-state index is -0.804. The van der Waals surface area contributed by atoms with E-state index in [4.69, 9.17) is 14.2 Å². The third-order valence-corrected chi connectivity index (χ3v) is 12.3. The van der Waals surface area contributed by atoms with Crippen LogP contribution in [0.3, 0.4) is 0 Å². The van der Waals surface area contributed by atoms with E-state index in [1.54, 1.807) is 0 Å². The van der Waals surface area contributed by atoms with Gasteiger partial charge in [-0.3, -0.25) is 14.4 Å². The quantitative estimate of drug-likeness (QED) is 0.0261. The molecule has 0 radical (unpaired) electrons. The molecule has 0 heterocycles. The first-order valence-electron chi connectivity index (χ1n) is 30.3. The molecule has 0 aliphatic rings. The Morgan fingerprint density at radius 3 is 0.827 bits per heavy atom. The summed E-state index contributed by atoms with van der Waals surface area (Å²) in [7, 11) is 0. The Labute approximate surface area is 461 Å². The van der Waals surface area contributed by atoms with Crippen LogP contribution in [0.2, 0.25) is 0 Å². The van der Waals surface area contributed by atoms with Crippen LogP contribution >= 0.6 is 0 Å². The zero-order chi connectivity index (χ0) is 54.3. The lowest BCUT2D eigenvalue weighted by atomic mass is 10.1. The minimum absolute atomic E-state index is 0.0988. The van der Waals surface area contributed by atoms with Crippen molar-refractivity contribution in [1.29, 1.82) is 0 Å². The van der Waals surface area contributed by atoms with Crippen LogP contribution in [0.25, 0.3) is 0 Å². The Bertz CT molecular complexity index is 1660. The van der Waals surface area contributed by atoms with E-state index in [0.717, 1.165) is 161 Å². The van der Waals surface area contributed by atoms with Crippen LogP contribution < -0.4 is 0 Å². The Hall–Kier alpha value is -4.71. The highest BCUT2D eigenvalue weighted by Crippen LogP contribution is 2.14. The molecule has 0 N–H and O–H groups in total. The van der Waals surface area contributed by atoms with Gasteiger partial charge in [0.25, 0.3) is 0 Å². The van der Waals surface area contributed by atoms with E-state index in [-0.39, 0.29) is 37.5 Å². The molecule has 422 valence electrons. The van der Waals surface area contributed by atoms with Gasteiger partial charge in [0.2, 0.25) is 0 Å². The first kappa shape index (κ1) is 70.3. The fraction of sp³-hybridized carbons (Fsp3) is 0.609. The van der Waals surface area contributed by atoms with Gasteiger partial charge in [0, 0.05) is 19.3 Å². The van der Waals surface area contributed by atoms with Crippen molar-refractivity contribution in [2.45, 2.75) is 258 Å². The molecule has 0 saturated carbocycles. The Balaban J connectivity index is 4.29. The summed E-state index contributed by atoms with van der Waals surface area (Å²) in [6, 6.07) is 0. The monoisotopic (exact) mass is 1030 g/mol. The molecule has 0 aromatic heterocycles. The second-order valence-corrected chi connectivity index (χ2v) is 19.5. The predicted molar refractivity (Wildman–Crippen MR) is 325 cm³/mol. The average Bonchev–Trinajstić information content (AvgIpc) is 3.41. The molecule has 0 saturated heterocycles. The number of rotatable bonds is 53. The van der Waals surface area contributed by atoms with E-state index in [1.807, 2.05) is 0 Å². The van der Waals surface area contributed by atoms with Gasteiger partial charge >= 0.3 is 17.9 Å². The molecular weight excluding hydrogens is 925 g/mol. The molecule has 0 amide bonds. The maximum Gasteiger partial charge on any atom is 0.306 e. The van der Waals surface area contributed by atoms with Gasteiger partial charge in [-0.25, -0.2) is 0 Å². The topological polar surface area (TPSA) is 78.9 Å². The first-order chi connectivity index (χ1) is 37.0. The highest BCUT2D eigenvalue weighted by atomic mass is 16.6. The third-order valence-electron chi connectivity index (χ3n) is 12.3. The van der Waals surface area contributed by atoms with Crippen LogP contribution in [-0.2, 0) is 28.6 Å². The second kappa shape index (κ2) is 61.8. The molecule has 0 aromatic carbocycles. The number of unbranched alkanes of at least 4 members (excludes halogenated alkanes) is 18. The smallest absolute Gasteiger partial charge is 0.306 e. The zero-order valence-electron chi connectivity index (χ0n) is 48.3. The summed E-state index contributed by atoms with van der Waals surface area (Å²) >= 11 is 0. The van der Waals surface area contributed by atoms with Gasteiger partial charge in [0.05, 0.1) is 0 Å². The normalized spacial score (nSPS) is 13.2. The van der Waals surface area contributed by atoms with Crippen molar-refractivity contribution < 1.29 is 28.6 Å². The van der Waals surface area contributed by atoms with Gasteiger partial charge in [-0.05, 0) is 122 Å². The van der Waals surface area contributed by atoms with Crippen LogP contribution in [0, 0.1) is 0 Å². The van der Waals surface area contributed by atoms with Crippen molar-refractivity contribution >= 4 is 17.9 Å². The number of carbonyl (C=O) groups is 3. The van der Waals surface area contributed by atoms with E-state index in [9.17, 15) is 14.4 Å². The second-order valence-electron chi connectivity index (χ2n) is 19.5. The maximum absolute atomic E-state index is 12.8. The number of ether oxygens (including phenoxy) is 3. The molecule has 1 unspecified atom stereocenters. The molecule has 75 heavy (non-hydrogen) atoms. The fourth-order valence-corrected chi connectivity index (χ4v) is 7.86. The van der Waals surface area contributed by atoms with Crippen LogP contribution in [-0.4, -0.2) is 37.2 Å². The lowest BCUT2D eigenvalue weighted by molar-refractivity contribution is -0.167. The first-order valence-corrected chi connectivity index (χ1v) is 30.3. The molecule has 0 fully saturated rings. The Morgan fingerprint density at radius 1 is 0.280 bits per heavy atom. The van der Waals surface area contributed by atoms with Crippen LogP contribution in [0.5, 0.6) is 0 Å². The van der Waals surface area contributed by atoms with Crippen molar-refractivity contribution in [2.75, 3.05) is 13.2 Å². The molecule has 0 aliphatic heterocycles. The van der Waals surface area contributed by atoms with Crippen LogP contribution in [0.15, 0.2) is 146 Å². The van der Waals surface area contributed by atoms with Crippen molar-refractivity contribution in [3.8, 4) is 0 Å². The lowest BCUT2D eigenvalue weighted by Gasteiger charge is -2.18. The average molecular weight is 1040 g/mol. The standard InChI is InChI=1S/C69H110O6/c1-4-7-10-13-16-19-22-24-25-26-27-28-29-30-31-32-33-34-35-36-37-38-39-40-41-42-43-45-47-50-53-56-59-62-68(71)74-65-66(64-73-67(70)61-58-55-52-49-46-21-18-15-12-9-6-3)75-69(72)63-60-57-54-51-48-44-23-20-17-14-11-8-5-2/h7-8,10-11,16-17,19-20,24-25,27-28,30-31,33-34,36-37,39-40,42-44,48,66H,4-6,9,12-15,18,21-23,26,29,32,35,38,41,45-47,49-65H2,1-3H3/b10-7-,11-8-,19-16-,20-17-,25-24-,28-27-,31-30-,34-33-,37-36-,40-39-,43-42-,48-44-. The summed E-state index contributed by atoms with van der Waals surface area (Å²) in [6.07, 6.45) is 88.6. The van der Waals surface area contributed by atoms with Gasteiger partial charge in [-0.2, -0.15) is 0 Å². The van der Waals surface area contributed by atoms with E-state index < -0.39 is 6.10 Å². The fourth-order valence-electron chi connectivity index (χ4n) is 7.86. The lowest BCUT2D eigenvalue weighted by Crippen LogP contribution is -2.30. The van der Waals surface area contributed by atoms with Crippen molar-refractivity contribution in [2.24, 2.45) is 0 Å². The molecule has 0 bridgehead atoms. The molecule has 6 nitrogen and oxygen atoms in total. The molecule has 6 heteroatoms. The summed E-state index contributed by atoms with van der Waals surface area (Å²) < 4.78 is 16.8. The van der Waals surface area contributed by atoms with Gasteiger partial charge in [-0.15, -0.1) is 0 Å². The van der Waals surface area contributed by atoms with E-state index in [0.29, 0.717) is 12.8 Å². The molecule has 0 aliphatic carbocycles. The highest BCUT2D eigenvalue weighted by Gasteiger charge is 2.19. The number of allylic oxidation sites excluding steroid dienone is 24. The van der Waals surface area contributed by atoms with Crippen molar-refractivity contribution in [3.05, 3.63) is 146 Å². The zero-order valence-corrected chi connectivity index (χ0v) is 48.3. The summed E-state index contributed by atoms with van der Waals surface area (Å²) in [5.41, 5.74) is 0. The maximum atomic E-state index is 12.8. The van der Waals surface area contributed by atoms with Gasteiger partial charge in [0.1, 0.15) is 13.2 Å². The molecule has 0 aromatic rings. The van der Waals surface area contributed by atoms with Crippen LogP contribution in [0.4, 0.5) is 0 Å². The largest absolute Gasteiger partial charge is 0.462 e. The summed E-state index contributed by atoms with van der Waals surface area (Å²) in [5.74, 6) is -0.954. The number of hydrogen-bond acceptors (Lipinski definition) is 6. The Morgan fingerprint density at radius 2 is 0.520 bits per heavy atom. The van der Waals surface area contributed by atoms with Crippen molar-refractivity contribution in [3.63, 3.8) is 0 Å². The van der Waals surface area contributed by atoms with Crippen molar-refractivity contribution in [1.82, 2.24) is 0 Å². The SMILES string of the molecule is CC/C=C\C/C=C\C/C=C\C/C=C\C/C=C\C/C=C\C/C=C\C/C=C\C/C=C\CCCCCCCC(=O)OCC(COC(=O)CCCCCCCCCCCCC)OC(=O)CCCCC/C=C\C/C=C\C/C=C\CC.